The van der Waals surface area contributed by atoms with E-state index in [-0.39, 0.29) is 34.6 Å². The second-order valence-corrected chi connectivity index (χ2v) is 9.45. The number of anilines is 3. The van der Waals surface area contributed by atoms with Crippen molar-refractivity contribution < 1.29 is 18.3 Å². The summed E-state index contributed by atoms with van der Waals surface area (Å²) in [6.07, 6.45) is 6.09. The van der Waals surface area contributed by atoms with E-state index in [1.807, 2.05) is 4.57 Å². The van der Waals surface area contributed by atoms with E-state index in [1.165, 1.54) is 0 Å². The molecule has 9 nitrogen and oxygen atoms in total. The average molecular weight is 506 g/mol. The van der Waals surface area contributed by atoms with Crippen LogP contribution in [0.2, 0.25) is 5.02 Å². The maximum atomic E-state index is 14.6. The molecule has 4 N–H and O–H groups in total. The second-order valence-electron chi connectivity index (χ2n) is 9.04. The molecule has 186 valence electrons. The smallest absolute Gasteiger partial charge is 0.225 e. The number of rotatable bonds is 6. The molecular weight excluding hydrogens is 480 g/mol. The number of ether oxygens (including phenoxy) is 1. The van der Waals surface area contributed by atoms with Gasteiger partial charge in [-0.25, -0.2) is 18.7 Å². The molecule has 12 heteroatoms. The average Bonchev–Trinajstić information content (AvgIpc) is 3.19. The van der Waals surface area contributed by atoms with E-state index < -0.39 is 11.6 Å². The van der Waals surface area contributed by atoms with Gasteiger partial charge in [0.15, 0.2) is 11.5 Å². The van der Waals surface area contributed by atoms with Gasteiger partial charge in [0.25, 0.3) is 0 Å². The van der Waals surface area contributed by atoms with E-state index in [4.69, 9.17) is 27.1 Å². The Morgan fingerprint density at radius 2 is 1.97 bits per heavy atom. The predicted molar refractivity (Wildman–Crippen MR) is 128 cm³/mol. The molecule has 35 heavy (non-hydrogen) atoms. The number of benzene rings is 1. The number of nitrogens with zero attached hydrogens (tertiary/aromatic N) is 4. The van der Waals surface area contributed by atoms with E-state index in [0.717, 1.165) is 31.6 Å². The summed E-state index contributed by atoms with van der Waals surface area (Å²) < 4.78 is 35.6. The van der Waals surface area contributed by atoms with E-state index in [1.54, 1.807) is 6.20 Å². The number of imidazole rings is 1. The fourth-order valence-electron chi connectivity index (χ4n) is 4.82. The molecule has 0 bridgehead atoms. The molecule has 1 atom stereocenters. The lowest BCUT2D eigenvalue weighted by Crippen LogP contribution is -2.31. The third-order valence-electron chi connectivity index (χ3n) is 6.63. The maximum Gasteiger partial charge on any atom is 0.225 e. The molecule has 1 aromatic carbocycles. The van der Waals surface area contributed by atoms with Gasteiger partial charge in [0, 0.05) is 24.6 Å². The minimum atomic E-state index is -0.836. The van der Waals surface area contributed by atoms with Crippen LogP contribution < -0.4 is 16.4 Å². The van der Waals surface area contributed by atoms with Crippen LogP contribution in [0.4, 0.5) is 26.4 Å². The second kappa shape index (κ2) is 9.90. The highest BCUT2D eigenvalue weighted by molar-refractivity contribution is 6.33. The van der Waals surface area contributed by atoms with Gasteiger partial charge in [0.1, 0.15) is 11.3 Å². The van der Waals surface area contributed by atoms with E-state index >= 15 is 0 Å². The summed E-state index contributed by atoms with van der Waals surface area (Å²) in [5.74, 6) is -1.35. The lowest BCUT2D eigenvalue weighted by atomic mass is 9.85. The Morgan fingerprint density at radius 3 is 2.66 bits per heavy atom. The number of amides is 1. The lowest BCUT2D eigenvalue weighted by molar-refractivity contribution is -0.122. The normalized spacial score (nSPS) is 22.8. The van der Waals surface area contributed by atoms with Gasteiger partial charge < -0.3 is 21.1 Å². The van der Waals surface area contributed by atoms with Crippen molar-refractivity contribution in [2.24, 2.45) is 11.7 Å². The van der Waals surface area contributed by atoms with Crippen LogP contribution in [0, 0.1) is 17.6 Å². The third-order valence-corrected chi connectivity index (χ3v) is 6.93. The van der Waals surface area contributed by atoms with Gasteiger partial charge in [-0.2, -0.15) is 4.98 Å². The molecule has 1 saturated carbocycles. The fraction of sp³-hybridized carbons (Fsp3) is 0.478. The summed E-state index contributed by atoms with van der Waals surface area (Å²) in [6, 6.07) is 1.83. The molecule has 2 fully saturated rings. The summed E-state index contributed by atoms with van der Waals surface area (Å²) >= 11 is 6.13. The number of nitrogens with two attached hydrogens (primary N) is 1. The molecule has 1 amide bonds. The van der Waals surface area contributed by atoms with Crippen molar-refractivity contribution in [3.05, 3.63) is 35.0 Å². The Morgan fingerprint density at radius 1 is 1.17 bits per heavy atom. The van der Waals surface area contributed by atoms with E-state index in [0.29, 0.717) is 55.4 Å². The van der Waals surface area contributed by atoms with Crippen LogP contribution in [0.5, 0.6) is 0 Å². The zero-order valence-electron chi connectivity index (χ0n) is 18.9. The van der Waals surface area contributed by atoms with Crippen LogP contribution in [0.3, 0.4) is 0 Å². The molecular formula is C23H26ClF2N7O2. The molecule has 2 aromatic heterocycles. The Labute approximate surface area is 205 Å². The first kappa shape index (κ1) is 23.7. The monoisotopic (exact) mass is 505 g/mol. The number of carbonyl (C=O) groups excluding carboxylic acids is 1. The Hall–Kier alpha value is -3.05. The molecule has 3 heterocycles. The van der Waals surface area contributed by atoms with Crippen LogP contribution in [0.25, 0.3) is 11.2 Å². The summed E-state index contributed by atoms with van der Waals surface area (Å²) in [5.41, 5.74) is 6.50. The first-order valence-corrected chi connectivity index (χ1v) is 12.1. The van der Waals surface area contributed by atoms with Gasteiger partial charge in [-0.1, -0.05) is 11.6 Å². The number of hydrogen-bond acceptors (Lipinski definition) is 7. The first-order chi connectivity index (χ1) is 16.9. The fourth-order valence-corrected chi connectivity index (χ4v) is 5.07. The molecule has 1 aliphatic carbocycles. The number of fused-ring (bicyclic) bond motifs is 1. The van der Waals surface area contributed by atoms with Crippen molar-refractivity contribution in [1.29, 1.82) is 0 Å². The van der Waals surface area contributed by atoms with Crippen LogP contribution in [0.15, 0.2) is 18.3 Å². The van der Waals surface area contributed by atoms with Gasteiger partial charge in [0.05, 0.1) is 29.6 Å². The Bertz CT molecular complexity index is 1220. The number of aromatic nitrogens is 4. The molecule has 1 aliphatic heterocycles. The van der Waals surface area contributed by atoms with E-state index in [9.17, 15) is 13.6 Å². The van der Waals surface area contributed by atoms with Crippen LogP contribution in [-0.4, -0.2) is 44.7 Å². The van der Waals surface area contributed by atoms with E-state index in [2.05, 4.69) is 20.6 Å². The molecule has 1 saturated heterocycles. The maximum absolute atomic E-state index is 14.6. The summed E-state index contributed by atoms with van der Waals surface area (Å²) in [4.78, 5) is 25.4. The van der Waals surface area contributed by atoms with Crippen molar-refractivity contribution in [1.82, 2.24) is 19.5 Å². The molecule has 0 radical (unpaired) electrons. The highest BCUT2D eigenvalue weighted by Crippen LogP contribution is 2.38. The lowest BCUT2D eigenvalue weighted by Gasteiger charge is -2.29. The number of nitrogens with one attached hydrogen (secondary N) is 2. The molecule has 0 spiro atoms. The zero-order valence-corrected chi connectivity index (χ0v) is 19.7. The summed E-state index contributed by atoms with van der Waals surface area (Å²) in [5, 5.41) is 6.14. The topological polar surface area (TPSA) is 120 Å². The number of halogens is 3. The Balaban J connectivity index is 1.52. The van der Waals surface area contributed by atoms with Crippen molar-refractivity contribution in [3.63, 3.8) is 0 Å². The predicted octanol–water partition coefficient (Wildman–Crippen LogP) is 4.31. The van der Waals surface area contributed by atoms with Crippen molar-refractivity contribution in [2.75, 3.05) is 23.8 Å². The minimum Gasteiger partial charge on any atom is -0.379 e. The largest absolute Gasteiger partial charge is 0.379 e. The number of hydrogen-bond donors (Lipinski definition) is 3. The van der Waals surface area contributed by atoms with Gasteiger partial charge >= 0.3 is 0 Å². The summed E-state index contributed by atoms with van der Waals surface area (Å²) in [7, 11) is 0. The van der Waals surface area contributed by atoms with Crippen LogP contribution >= 0.6 is 11.6 Å². The Kier molecular flexibility index (Phi) is 6.70. The van der Waals surface area contributed by atoms with Crippen molar-refractivity contribution >= 4 is 46.3 Å². The molecule has 3 aromatic rings. The van der Waals surface area contributed by atoms with Gasteiger partial charge in [-0.15, -0.1) is 0 Å². The number of primary amides is 1. The SMILES string of the molecule is NC(=O)C1CCC(n2c(Nc3c(F)cc(F)cc3Cl)nc3cnc(N[C@@H]4CCCOC4)nc32)CC1. The third kappa shape index (κ3) is 5.01. The van der Waals surface area contributed by atoms with Crippen molar-refractivity contribution in [2.45, 2.75) is 50.6 Å². The van der Waals surface area contributed by atoms with Crippen molar-refractivity contribution in [3.8, 4) is 0 Å². The first-order valence-electron chi connectivity index (χ1n) is 11.7. The van der Waals surface area contributed by atoms with Gasteiger partial charge in [-0.05, 0) is 44.6 Å². The molecule has 5 rings (SSSR count). The number of carbonyl (C=O) groups is 1. The van der Waals surface area contributed by atoms with Crippen LogP contribution in [0.1, 0.15) is 44.6 Å². The van der Waals surface area contributed by atoms with Gasteiger partial charge in [0.2, 0.25) is 17.8 Å². The quantitative estimate of drug-likeness (QED) is 0.456. The minimum absolute atomic E-state index is 0.0684. The standard InChI is InChI=1S/C23H26ClF2N7O2/c24-16-8-13(25)9-17(26)19(16)31-23-30-18-10-28-22(29-14-2-1-7-35-11-14)32-21(18)33(23)15-5-3-12(4-6-15)20(27)34/h8-10,12,14-15H,1-7,11H2,(H2,27,34)(H,30,31)(H,28,29,32)/t12?,14-,15?/m1/s1. The molecule has 0 unspecified atom stereocenters. The highest BCUT2D eigenvalue weighted by Gasteiger charge is 2.29. The van der Waals surface area contributed by atoms with Crippen LogP contribution in [-0.2, 0) is 9.53 Å². The molecule has 2 aliphatic rings. The highest BCUT2D eigenvalue weighted by atomic mass is 35.5. The summed E-state index contributed by atoms with van der Waals surface area (Å²) in [6.45, 7) is 1.32. The van der Waals surface area contributed by atoms with Gasteiger partial charge in [-0.3, -0.25) is 9.36 Å². The zero-order chi connectivity index (χ0) is 24.5.